The van der Waals surface area contributed by atoms with Gasteiger partial charge in [-0.25, -0.2) is 8.78 Å². The van der Waals surface area contributed by atoms with Crippen molar-refractivity contribution in [3.8, 4) is 11.1 Å². The fourth-order valence-corrected chi connectivity index (χ4v) is 1.81. The van der Waals surface area contributed by atoms with Crippen LogP contribution in [0.3, 0.4) is 0 Å². The molecule has 0 spiro atoms. The predicted molar refractivity (Wildman–Crippen MR) is 63.1 cm³/mol. The SMILES string of the molecule is O=C(O)Cc1ccccc1-c1cccc(F)c1F. The molecule has 18 heavy (non-hydrogen) atoms. The summed E-state index contributed by atoms with van der Waals surface area (Å²) in [5, 5.41) is 8.79. The Bertz CT molecular complexity index is 594. The van der Waals surface area contributed by atoms with Crippen molar-refractivity contribution in [2.45, 2.75) is 6.42 Å². The topological polar surface area (TPSA) is 37.3 Å². The molecule has 2 nitrogen and oxygen atoms in total. The van der Waals surface area contributed by atoms with Crippen molar-refractivity contribution in [1.82, 2.24) is 0 Å². The van der Waals surface area contributed by atoms with E-state index >= 15 is 0 Å². The van der Waals surface area contributed by atoms with E-state index < -0.39 is 17.6 Å². The molecule has 0 saturated carbocycles. The number of hydrogen-bond acceptors (Lipinski definition) is 1. The summed E-state index contributed by atoms with van der Waals surface area (Å²) < 4.78 is 26.9. The van der Waals surface area contributed by atoms with E-state index in [-0.39, 0.29) is 12.0 Å². The lowest BCUT2D eigenvalue weighted by Crippen LogP contribution is -2.02. The standard InChI is InChI=1S/C14H10F2O2/c15-12-7-3-6-11(14(12)16)10-5-2-1-4-9(10)8-13(17)18/h1-7H,8H2,(H,17,18). The van der Waals surface area contributed by atoms with Crippen molar-refractivity contribution >= 4 is 5.97 Å². The first kappa shape index (κ1) is 12.2. The Balaban J connectivity index is 2.57. The van der Waals surface area contributed by atoms with Crippen LogP contribution >= 0.6 is 0 Å². The van der Waals surface area contributed by atoms with Gasteiger partial charge in [-0.05, 0) is 17.2 Å². The van der Waals surface area contributed by atoms with Crippen molar-refractivity contribution in [2.24, 2.45) is 0 Å². The van der Waals surface area contributed by atoms with Crippen LogP contribution in [0.5, 0.6) is 0 Å². The van der Waals surface area contributed by atoms with Crippen molar-refractivity contribution < 1.29 is 18.7 Å². The van der Waals surface area contributed by atoms with Crippen LogP contribution in [0.1, 0.15) is 5.56 Å². The molecule has 0 radical (unpaired) electrons. The van der Waals surface area contributed by atoms with E-state index in [1.807, 2.05) is 0 Å². The highest BCUT2D eigenvalue weighted by Gasteiger charge is 2.14. The van der Waals surface area contributed by atoms with E-state index in [0.717, 1.165) is 6.07 Å². The number of carboxylic acids is 1. The van der Waals surface area contributed by atoms with Gasteiger partial charge in [0.15, 0.2) is 11.6 Å². The molecule has 2 rings (SSSR count). The van der Waals surface area contributed by atoms with Gasteiger partial charge in [0.25, 0.3) is 0 Å². The zero-order valence-electron chi connectivity index (χ0n) is 9.36. The molecule has 0 fully saturated rings. The van der Waals surface area contributed by atoms with Gasteiger partial charge >= 0.3 is 5.97 Å². The van der Waals surface area contributed by atoms with Gasteiger partial charge in [0.2, 0.25) is 0 Å². The summed E-state index contributed by atoms with van der Waals surface area (Å²) in [6, 6.07) is 10.3. The molecule has 0 unspecified atom stereocenters. The molecule has 0 aromatic heterocycles. The number of halogens is 2. The van der Waals surface area contributed by atoms with Gasteiger partial charge in [0, 0.05) is 5.56 Å². The third-order valence-corrected chi connectivity index (χ3v) is 2.60. The number of rotatable bonds is 3. The fraction of sp³-hybridized carbons (Fsp3) is 0.0714. The Kier molecular flexibility index (Phi) is 3.37. The lowest BCUT2D eigenvalue weighted by Gasteiger charge is -2.09. The summed E-state index contributed by atoms with van der Waals surface area (Å²) >= 11 is 0. The predicted octanol–water partition coefficient (Wildman–Crippen LogP) is 3.26. The van der Waals surface area contributed by atoms with Gasteiger partial charge in [-0.3, -0.25) is 4.79 Å². The quantitative estimate of drug-likeness (QED) is 0.905. The minimum Gasteiger partial charge on any atom is -0.481 e. The second-order valence-corrected chi connectivity index (χ2v) is 3.83. The maximum Gasteiger partial charge on any atom is 0.307 e. The Hall–Kier alpha value is -2.23. The Morgan fingerprint density at radius 2 is 1.67 bits per heavy atom. The monoisotopic (exact) mass is 248 g/mol. The first-order valence-electron chi connectivity index (χ1n) is 5.33. The summed E-state index contributed by atoms with van der Waals surface area (Å²) in [6.45, 7) is 0. The molecule has 2 aromatic carbocycles. The molecule has 92 valence electrons. The highest BCUT2D eigenvalue weighted by Crippen LogP contribution is 2.27. The van der Waals surface area contributed by atoms with Crippen LogP contribution in [-0.4, -0.2) is 11.1 Å². The van der Waals surface area contributed by atoms with E-state index in [9.17, 15) is 13.6 Å². The van der Waals surface area contributed by atoms with Gasteiger partial charge in [-0.1, -0.05) is 36.4 Å². The molecule has 4 heteroatoms. The summed E-state index contributed by atoms with van der Waals surface area (Å²) in [5.41, 5.74) is 0.929. The summed E-state index contributed by atoms with van der Waals surface area (Å²) in [6.07, 6.45) is -0.230. The normalized spacial score (nSPS) is 10.3. The lowest BCUT2D eigenvalue weighted by molar-refractivity contribution is -0.136. The minimum absolute atomic E-state index is 0.0758. The maximum atomic E-state index is 13.7. The van der Waals surface area contributed by atoms with E-state index in [2.05, 4.69) is 0 Å². The van der Waals surface area contributed by atoms with Crippen molar-refractivity contribution in [3.63, 3.8) is 0 Å². The van der Waals surface area contributed by atoms with Gasteiger partial charge in [-0.15, -0.1) is 0 Å². The molecule has 1 N–H and O–H groups in total. The minimum atomic E-state index is -1.01. The maximum absolute atomic E-state index is 13.7. The average molecular weight is 248 g/mol. The van der Waals surface area contributed by atoms with Gasteiger partial charge in [-0.2, -0.15) is 0 Å². The second-order valence-electron chi connectivity index (χ2n) is 3.83. The van der Waals surface area contributed by atoms with Crippen molar-refractivity contribution in [1.29, 1.82) is 0 Å². The second kappa shape index (κ2) is 4.96. The third-order valence-electron chi connectivity index (χ3n) is 2.60. The van der Waals surface area contributed by atoms with E-state index in [1.165, 1.54) is 12.1 Å². The molecule has 0 heterocycles. The number of carbonyl (C=O) groups is 1. The molecule has 0 aliphatic rings. The fourth-order valence-electron chi connectivity index (χ4n) is 1.81. The number of hydrogen-bond donors (Lipinski definition) is 1. The van der Waals surface area contributed by atoms with Crippen molar-refractivity contribution in [2.75, 3.05) is 0 Å². The number of aliphatic carboxylic acids is 1. The molecule has 0 aliphatic heterocycles. The first-order valence-corrected chi connectivity index (χ1v) is 5.33. The van der Waals surface area contributed by atoms with E-state index in [4.69, 9.17) is 5.11 Å². The van der Waals surface area contributed by atoms with Gasteiger partial charge < -0.3 is 5.11 Å². The van der Waals surface area contributed by atoms with Crippen LogP contribution in [0.2, 0.25) is 0 Å². The number of benzene rings is 2. The zero-order chi connectivity index (χ0) is 13.1. The first-order chi connectivity index (χ1) is 8.59. The van der Waals surface area contributed by atoms with Crippen LogP contribution in [-0.2, 0) is 11.2 Å². The Morgan fingerprint density at radius 1 is 1.00 bits per heavy atom. The van der Waals surface area contributed by atoms with Crippen LogP contribution in [0.15, 0.2) is 42.5 Å². The highest BCUT2D eigenvalue weighted by atomic mass is 19.2. The molecular formula is C14H10F2O2. The van der Waals surface area contributed by atoms with Crippen LogP contribution < -0.4 is 0 Å². The van der Waals surface area contributed by atoms with Gasteiger partial charge in [0.1, 0.15) is 0 Å². The molecule has 0 aliphatic carbocycles. The van der Waals surface area contributed by atoms with E-state index in [1.54, 1.807) is 24.3 Å². The zero-order valence-corrected chi connectivity index (χ0v) is 9.36. The van der Waals surface area contributed by atoms with Crippen molar-refractivity contribution in [3.05, 3.63) is 59.7 Å². The Morgan fingerprint density at radius 3 is 2.39 bits per heavy atom. The molecule has 0 bridgehead atoms. The Labute approximate surface area is 103 Å². The highest BCUT2D eigenvalue weighted by molar-refractivity contribution is 5.76. The summed E-state index contributed by atoms with van der Waals surface area (Å²) in [5.74, 6) is -2.92. The van der Waals surface area contributed by atoms with Crippen LogP contribution in [0.25, 0.3) is 11.1 Å². The number of carboxylic acid groups (broad SMARTS) is 1. The average Bonchev–Trinajstić information content (AvgIpc) is 2.33. The largest absolute Gasteiger partial charge is 0.481 e. The molecular weight excluding hydrogens is 238 g/mol. The van der Waals surface area contributed by atoms with Gasteiger partial charge in [0.05, 0.1) is 6.42 Å². The van der Waals surface area contributed by atoms with Crippen LogP contribution in [0, 0.1) is 11.6 Å². The molecule has 0 amide bonds. The van der Waals surface area contributed by atoms with Crippen LogP contribution in [0.4, 0.5) is 8.78 Å². The lowest BCUT2D eigenvalue weighted by atomic mass is 9.97. The molecule has 0 saturated heterocycles. The molecule has 0 atom stereocenters. The molecule has 2 aromatic rings. The third kappa shape index (κ3) is 2.37. The summed E-state index contributed by atoms with van der Waals surface area (Å²) in [4.78, 5) is 10.7. The smallest absolute Gasteiger partial charge is 0.307 e. The van der Waals surface area contributed by atoms with E-state index in [0.29, 0.717) is 11.1 Å². The summed E-state index contributed by atoms with van der Waals surface area (Å²) in [7, 11) is 0.